The van der Waals surface area contributed by atoms with Crippen LogP contribution in [0.2, 0.25) is 0 Å². The van der Waals surface area contributed by atoms with E-state index in [9.17, 15) is 0 Å². The van der Waals surface area contributed by atoms with E-state index in [-0.39, 0.29) is 0 Å². The molecule has 9 aromatic carbocycles. The van der Waals surface area contributed by atoms with Gasteiger partial charge in [-0.05, 0) is 80.5 Å². The molecular weight excluding hydrogens is 605 g/mol. The second-order valence-electron chi connectivity index (χ2n) is 13.3. The maximum absolute atomic E-state index is 2.51. The van der Waals surface area contributed by atoms with Crippen LogP contribution in [0.5, 0.6) is 0 Å². The third kappa shape index (κ3) is 3.73. The minimum absolute atomic E-state index is 1.15. The lowest BCUT2D eigenvalue weighted by molar-refractivity contribution is 1.17. The van der Waals surface area contributed by atoms with Crippen LogP contribution in [0, 0.1) is 0 Å². The van der Waals surface area contributed by atoms with E-state index in [2.05, 4.69) is 191 Å². The third-order valence-corrected chi connectivity index (χ3v) is 10.7. The number of hydrogen-bond acceptors (Lipinski definition) is 0. The van der Waals surface area contributed by atoms with E-state index in [0.29, 0.717) is 0 Å². The van der Waals surface area contributed by atoms with Gasteiger partial charge >= 0.3 is 0 Å². The van der Waals surface area contributed by atoms with Gasteiger partial charge in [0.2, 0.25) is 0 Å². The Morgan fingerprint density at radius 3 is 1.62 bits per heavy atom. The molecule has 2 nitrogen and oxygen atoms in total. The minimum Gasteiger partial charge on any atom is -0.309 e. The fourth-order valence-corrected chi connectivity index (χ4v) is 8.61. The van der Waals surface area contributed by atoms with Crippen molar-refractivity contribution in [3.05, 3.63) is 182 Å². The van der Waals surface area contributed by atoms with Crippen LogP contribution in [-0.4, -0.2) is 9.13 Å². The summed E-state index contributed by atoms with van der Waals surface area (Å²) in [6.45, 7) is 0. The molecule has 0 radical (unpaired) electrons. The van der Waals surface area contributed by atoms with Crippen LogP contribution >= 0.6 is 0 Å². The summed E-state index contributed by atoms with van der Waals surface area (Å²) in [4.78, 5) is 0. The van der Waals surface area contributed by atoms with Crippen molar-refractivity contribution in [2.45, 2.75) is 0 Å². The molecule has 0 aliphatic heterocycles. The molecule has 0 spiro atoms. The molecule has 0 fully saturated rings. The molecule has 0 amide bonds. The van der Waals surface area contributed by atoms with E-state index in [4.69, 9.17) is 0 Å². The Kier molecular flexibility index (Phi) is 5.70. The lowest BCUT2D eigenvalue weighted by Crippen LogP contribution is -1.95. The van der Waals surface area contributed by atoms with Gasteiger partial charge < -0.3 is 9.13 Å². The van der Waals surface area contributed by atoms with Crippen molar-refractivity contribution in [3.8, 4) is 22.5 Å². The molecule has 0 N–H and O–H groups in total. The Hall–Kier alpha value is -6.64. The van der Waals surface area contributed by atoms with Gasteiger partial charge in [-0.1, -0.05) is 140 Å². The van der Waals surface area contributed by atoms with Crippen molar-refractivity contribution in [2.24, 2.45) is 0 Å². The minimum atomic E-state index is 1.15. The van der Waals surface area contributed by atoms with Crippen molar-refractivity contribution < 1.29 is 0 Å². The van der Waals surface area contributed by atoms with Crippen LogP contribution in [-0.2, 0) is 0 Å². The van der Waals surface area contributed by atoms with Gasteiger partial charge in [0.15, 0.2) is 0 Å². The molecule has 2 heterocycles. The predicted molar refractivity (Wildman–Crippen MR) is 213 cm³/mol. The highest BCUT2D eigenvalue weighted by atomic mass is 15.0. The van der Waals surface area contributed by atoms with E-state index >= 15 is 0 Å². The third-order valence-electron chi connectivity index (χ3n) is 10.7. The summed E-state index contributed by atoms with van der Waals surface area (Å²) in [6, 6.07) is 66.6. The van der Waals surface area contributed by atoms with Gasteiger partial charge in [0.1, 0.15) is 0 Å². The first-order chi connectivity index (χ1) is 24.8. The van der Waals surface area contributed by atoms with Crippen LogP contribution in [0.3, 0.4) is 0 Å². The SMILES string of the molecule is c1ccc(-n2c3ccccc3c3c4c5c6ccccc6c6ccccc6c5n(-c5ccc(-c6cccc7ccccc67)cc5)c4ccc32)cc1. The molecule has 0 aliphatic carbocycles. The molecule has 50 heavy (non-hydrogen) atoms. The van der Waals surface area contributed by atoms with Gasteiger partial charge in [-0.15, -0.1) is 0 Å². The molecule has 232 valence electrons. The fourth-order valence-electron chi connectivity index (χ4n) is 8.61. The lowest BCUT2D eigenvalue weighted by Gasteiger charge is -2.13. The number of hydrogen-bond donors (Lipinski definition) is 0. The number of benzene rings is 9. The summed E-state index contributed by atoms with van der Waals surface area (Å²) < 4.78 is 4.94. The topological polar surface area (TPSA) is 9.86 Å². The molecule has 0 saturated heterocycles. The largest absolute Gasteiger partial charge is 0.309 e. The Labute approximate surface area is 288 Å². The zero-order chi connectivity index (χ0) is 32.8. The van der Waals surface area contributed by atoms with Crippen molar-refractivity contribution >= 4 is 75.9 Å². The number of para-hydroxylation sites is 2. The molecule has 0 unspecified atom stereocenters. The maximum Gasteiger partial charge on any atom is 0.0626 e. The smallest absolute Gasteiger partial charge is 0.0626 e. The molecule has 2 aromatic heterocycles. The van der Waals surface area contributed by atoms with E-state index in [0.717, 1.165) is 5.69 Å². The first-order valence-corrected chi connectivity index (χ1v) is 17.3. The van der Waals surface area contributed by atoms with Crippen molar-refractivity contribution in [3.63, 3.8) is 0 Å². The number of rotatable bonds is 3. The van der Waals surface area contributed by atoms with Crippen LogP contribution in [0.25, 0.3) is 98.4 Å². The van der Waals surface area contributed by atoms with Gasteiger partial charge in [-0.3, -0.25) is 0 Å². The second-order valence-corrected chi connectivity index (χ2v) is 13.3. The average Bonchev–Trinajstić information content (AvgIpc) is 3.72. The second kappa shape index (κ2) is 10.4. The maximum atomic E-state index is 2.51. The van der Waals surface area contributed by atoms with Gasteiger partial charge in [0.25, 0.3) is 0 Å². The molecule has 0 bridgehead atoms. The van der Waals surface area contributed by atoms with E-state index in [1.165, 1.54) is 92.7 Å². The molecule has 11 rings (SSSR count). The summed E-state index contributed by atoms with van der Waals surface area (Å²) in [5.41, 5.74) is 9.68. The van der Waals surface area contributed by atoms with Gasteiger partial charge in [-0.25, -0.2) is 0 Å². The quantitative estimate of drug-likeness (QED) is 0.171. The zero-order valence-electron chi connectivity index (χ0n) is 27.2. The van der Waals surface area contributed by atoms with Gasteiger partial charge in [0, 0.05) is 38.3 Å². The molecule has 2 heteroatoms. The first kappa shape index (κ1) is 27.3. The summed E-state index contributed by atoms with van der Waals surface area (Å²) in [7, 11) is 0. The Bertz CT molecular complexity index is 3120. The highest BCUT2D eigenvalue weighted by molar-refractivity contribution is 6.38. The Morgan fingerprint density at radius 2 is 0.840 bits per heavy atom. The van der Waals surface area contributed by atoms with Crippen molar-refractivity contribution in [1.82, 2.24) is 9.13 Å². The van der Waals surface area contributed by atoms with Crippen LogP contribution in [0.15, 0.2) is 182 Å². The molecule has 11 aromatic rings. The molecule has 0 atom stereocenters. The molecular formula is C48H30N2. The van der Waals surface area contributed by atoms with Crippen LogP contribution < -0.4 is 0 Å². The Morgan fingerprint density at radius 1 is 0.280 bits per heavy atom. The standard InChI is InChI=1S/C48H30N2/c1-2-15-33(16-3-1)49-42-24-11-10-22-41(42)45-43(49)29-30-44-47(45)46-39-20-8-6-18-37(39)38-19-7-9-21-40(38)48(46)50(44)34-27-25-32(26-28-34)36-23-12-14-31-13-4-5-17-35(31)36/h1-30H. The van der Waals surface area contributed by atoms with E-state index in [1.807, 2.05) is 0 Å². The lowest BCUT2D eigenvalue weighted by atomic mass is 9.95. The monoisotopic (exact) mass is 634 g/mol. The highest BCUT2D eigenvalue weighted by Crippen LogP contribution is 2.47. The van der Waals surface area contributed by atoms with Gasteiger partial charge in [0.05, 0.1) is 22.1 Å². The van der Waals surface area contributed by atoms with Crippen LogP contribution in [0.4, 0.5) is 0 Å². The van der Waals surface area contributed by atoms with Crippen molar-refractivity contribution in [1.29, 1.82) is 0 Å². The summed E-state index contributed by atoms with van der Waals surface area (Å²) in [6.07, 6.45) is 0. The Balaban J connectivity index is 1.31. The number of fused-ring (bicyclic) bond motifs is 13. The number of aromatic nitrogens is 2. The van der Waals surface area contributed by atoms with Crippen molar-refractivity contribution in [2.75, 3.05) is 0 Å². The normalized spacial score (nSPS) is 12.0. The number of nitrogens with zero attached hydrogens (tertiary/aromatic N) is 2. The predicted octanol–water partition coefficient (Wildman–Crippen LogP) is 13.0. The summed E-state index contributed by atoms with van der Waals surface area (Å²) >= 11 is 0. The van der Waals surface area contributed by atoms with Gasteiger partial charge in [-0.2, -0.15) is 0 Å². The summed E-state index contributed by atoms with van der Waals surface area (Å²) in [5, 5.41) is 12.8. The van der Waals surface area contributed by atoms with E-state index in [1.54, 1.807) is 0 Å². The highest BCUT2D eigenvalue weighted by Gasteiger charge is 2.23. The fraction of sp³-hybridized carbons (Fsp3) is 0. The molecule has 0 aliphatic rings. The molecule has 0 saturated carbocycles. The average molecular weight is 635 g/mol. The van der Waals surface area contributed by atoms with Crippen LogP contribution in [0.1, 0.15) is 0 Å². The summed E-state index contributed by atoms with van der Waals surface area (Å²) in [5.74, 6) is 0. The van der Waals surface area contributed by atoms with E-state index < -0.39 is 0 Å². The first-order valence-electron chi connectivity index (χ1n) is 17.3. The zero-order valence-corrected chi connectivity index (χ0v) is 27.2.